The van der Waals surface area contributed by atoms with E-state index in [1.54, 1.807) is 18.4 Å². The Morgan fingerprint density at radius 2 is 1.76 bits per heavy atom. The summed E-state index contributed by atoms with van der Waals surface area (Å²) < 4.78 is 7.26. The summed E-state index contributed by atoms with van der Waals surface area (Å²) in [6, 6.07) is 17.8. The largest absolute Gasteiger partial charge is 0.491 e. The van der Waals surface area contributed by atoms with E-state index < -0.39 is 12.1 Å². The second-order valence-electron chi connectivity index (χ2n) is 7.60. The van der Waals surface area contributed by atoms with Crippen molar-refractivity contribution < 1.29 is 19.7 Å². The fourth-order valence-corrected chi connectivity index (χ4v) is 4.17. The Bertz CT molecular complexity index is 1260. The number of aromatic nitrogens is 4. The average Bonchev–Trinajstić information content (AvgIpc) is 3.23. The molecule has 0 aliphatic carbocycles. The predicted molar refractivity (Wildman–Crippen MR) is 126 cm³/mol. The first-order valence-electron chi connectivity index (χ1n) is 10.4. The van der Waals surface area contributed by atoms with Gasteiger partial charge in [0.2, 0.25) is 5.16 Å². The highest BCUT2D eigenvalue weighted by Gasteiger charge is 2.16. The van der Waals surface area contributed by atoms with Gasteiger partial charge in [-0.2, -0.15) is 4.98 Å². The lowest BCUT2D eigenvalue weighted by Crippen LogP contribution is -2.20. The summed E-state index contributed by atoms with van der Waals surface area (Å²) in [7, 11) is 0. The summed E-state index contributed by atoms with van der Waals surface area (Å²) in [6.07, 6.45) is -0.834. The number of carboxylic acids is 1. The highest BCUT2D eigenvalue weighted by molar-refractivity contribution is 7.99. The minimum absolute atomic E-state index is 0.120. The number of aliphatic hydroxyl groups excluding tert-OH is 1. The van der Waals surface area contributed by atoms with E-state index in [1.165, 1.54) is 11.8 Å². The van der Waals surface area contributed by atoms with Crippen LogP contribution in [0.1, 0.15) is 17.0 Å². The minimum atomic E-state index is -0.921. The Hall–Kier alpha value is -3.43. The molecule has 0 saturated carbocycles. The molecule has 0 aliphatic rings. The van der Waals surface area contributed by atoms with Gasteiger partial charge in [-0.1, -0.05) is 54.2 Å². The van der Waals surface area contributed by atoms with Gasteiger partial charge in [-0.25, -0.2) is 9.50 Å². The molecule has 170 valence electrons. The van der Waals surface area contributed by atoms with E-state index >= 15 is 0 Å². The van der Waals surface area contributed by atoms with Gasteiger partial charge in [-0.3, -0.25) is 4.79 Å². The number of aliphatic hydroxyl groups is 1. The number of rotatable bonds is 9. The van der Waals surface area contributed by atoms with Crippen LogP contribution in [0, 0.1) is 13.8 Å². The van der Waals surface area contributed by atoms with Crippen LogP contribution < -0.4 is 4.74 Å². The number of nitrogens with zero attached hydrogens (tertiary/aromatic N) is 4. The zero-order valence-corrected chi connectivity index (χ0v) is 19.1. The summed E-state index contributed by atoms with van der Waals surface area (Å²) >= 11 is 1.29. The molecule has 0 fully saturated rings. The van der Waals surface area contributed by atoms with Gasteiger partial charge in [0.1, 0.15) is 12.4 Å². The minimum Gasteiger partial charge on any atom is -0.491 e. The normalized spacial score (nSPS) is 12.1. The van der Waals surface area contributed by atoms with Gasteiger partial charge in [0.05, 0.1) is 12.5 Å². The molecule has 8 nitrogen and oxygen atoms in total. The molecule has 0 amide bonds. The van der Waals surface area contributed by atoms with Gasteiger partial charge in [-0.05, 0) is 37.1 Å². The maximum Gasteiger partial charge on any atom is 0.307 e. The second-order valence-corrected chi connectivity index (χ2v) is 8.59. The molecule has 2 heterocycles. The number of thioether (sulfide) groups is 1. The average molecular weight is 465 g/mol. The summed E-state index contributed by atoms with van der Waals surface area (Å²) in [4.78, 5) is 19.9. The first-order valence-corrected chi connectivity index (χ1v) is 11.4. The van der Waals surface area contributed by atoms with Crippen molar-refractivity contribution in [1.82, 2.24) is 19.6 Å². The first kappa shape index (κ1) is 22.8. The van der Waals surface area contributed by atoms with Crippen molar-refractivity contribution in [3.63, 3.8) is 0 Å². The third-order valence-corrected chi connectivity index (χ3v) is 6.15. The molecule has 4 aromatic rings. The molecule has 0 unspecified atom stereocenters. The zero-order valence-electron chi connectivity index (χ0n) is 18.3. The number of aryl methyl sites for hydroxylation is 2. The molecule has 0 spiro atoms. The van der Waals surface area contributed by atoms with Crippen LogP contribution >= 0.6 is 11.8 Å². The SMILES string of the molecule is Cc1nc2nc(SC[C@@H](O)COc3ccc(-c4ccccc4)cc3)nn2c(C)c1CC(=O)O. The molecule has 0 saturated heterocycles. The lowest BCUT2D eigenvalue weighted by Gasteiger charge is -2.11. The Kier molecular flexibility index (Phi) is 6.90. The summed E-state index contributed by atoms with van der Waals surface area (Å²) in [5.41, 5.74) is 4.18. The Morgan fingerprint density at radius 3 is 2.45 bits per heavy atom. The molecule has 0 radical (unpaired) electrons. The number of hydrogen-bond donors (Lipinski definition) is 2. The zero-order chi connectivity index (χ0) is 23.4. The Balaban J connectivity index is 1.33. The van der Waals surface area contributed by atoms with Crippen LogP contribution in [-0.2, 0) is 11.2 Å². The number of benzene rings is 2. The molecule has 33 heavy (non-hydrogen) atoms. The number of aliphatic carboxylic acids is 1. The number of fused-ring (bicyclic) bond motifs is 1. The third kappa shape index (κ3) is 5.50. The van der Waals surface area contributed by atoms with Crippen LogP contribution in [0.2, 0.25) is 0 Å². The van der Waals surface area contributed by atoms with Crippen LogP contribution in [0.3, 0.4) is 0 Å². The molecule has 2 aromatic carbocycles. The monoisotopic (exact) mass is 464 g/mol. The van der Waals surface area contributed by atoms with E-state index in [9.17, 15) is 9.90 Å². The van der Waals surface area contributed by atoms with Gasteiger partial charge in [0.15, 0.2) is 0 Å². The molecular weight excluding hydrogens is 440 g/mol. The predicted octanol–water partition coefficient (Wildman–Crippen LogP) is 3.57. The van der Waals surface area contributed by atoms with Crippen LogP contribution in [-0.4, -0.2) is 54.2 Å². The van der Waals surface area contributed by atoms with Crippen molar-refractivity contribution in [3.05, 3.63) is 71.5 Å². The standard InChI is InChI=1S/C24H24N4O4S/c1-15-21(12-22(30)31)16(2)28-23(25-15)26-24(27-28)33-14-19(29)13-32-20-10-8-18(9-11-20)17-6-4-3-5-7-17/h3-11,19,29H,12-14H2,1-2H3,(H,30,31)/t19-/m0/s1. The van der Waals surface area contributed by atoms with Crippen LogP contribution in [0.15, 0.2) is 59.8 Å². The van der Waals surface area contributed by atoms with Gasteiger partial charge < -0.3 is 14.9 Å². The van der Waals surface area contributed by atoms with E-state index in [2.05, 4.69) is 27.2 Å². The maximum atomic E-state index is 11.1. The van der Waals surface area contributed by atoms with E-state index in [4.69, 9.17) is 9.84 Å². The van der Waals surface area contributed by atoms with Crippen LogP contribution in [0.5, 0.6) is 5.75 Å². The topological polar surface area (TPSA) is 110 Å². The molecule has 9 heteroatoms. The second kappa shape index (κ2) is 10.0. The smallest absolute Gasteiger partial charge is 0.307 e. The lowest BCUT2D eigenvalue weighted by atomic mass is 10.1. The Morgan fingerprint density at radius 1 is 1.06 bits per heavy atom. The number of carboxylic acid groups (broad SMARTS) is 1. The number of hydrogen-bond acceptors (Lipinski definition) is 7. The summed E-state index contributed by atoms with van der Waals surface area (Å²) in [6.45, 7) is 3.71. The van der Waals surface area contributed by atoms with Crippen molar-refractivity contribution in [3.8, 4) is 16.9 Å². The highest BCUT2D eigenvalue weighted by atomic mass is 32.2. The fraction of sp³-hybridized carbons (Fsp3) is 0.250. The van der Waals surface area contributed by atoms with Gasteiger partial charge in [0.25, 0.3) is 5.78 Å². The van der Waals surface area contributed by atoms with E-state index in [-0.39, 0.29) is 13.0 Å². The fourth-order valence-electron chi connectivity index (χ4n) is 3.44. The van der Waals surface area contributed by atoms with Gasteiger partial charge in [0, 0.05) is 22.7 Å². The highest BCUT2D eigenvalue weighted by Crippen LogP contribution is 2.23. The van der Waals surface area contributed by atoms with E-state index in [0.717, 1.165) is 11.1 Å². The number of carbonyl (C=O) groups is 1. The van der Waals surface area contributed by atoms with Crippen molar-refractivity contribution in [2.24, 2.45) is 0 Å². The van der Waals surface area contributed by atoms with Crippen molar-refractivity contribution in [2.45, 2.75) is 31.5 Å². The van der Waals surface area contributed by atoms with Crippen LogP contribution in [0.4, 0.5) is 0 Å². The Labute approximate surface area is 195 Å². The molecule has 2 aromatic heterocycles. The number of ether oxygens (including phenoxy) is 1. The molecule has 4 rings (SSSR count). The summed E-state index contributed by atoms with van der Waals surface area (Å²) in [5.74, 6) is 0.519. The van der Waals surface area contributed by atoms with Gasteiger partial charge in [-0.15, -0.1) is 5.10 Å². The molecule has 1 atom stereocenters. The van der Waals surface area contributed by atoms with Gasteiger partial charge >= 0.3 is 5.97 Å². The van der Waals surface area contributed by atoms with E-state index in [0.29, 0.717) is 39.4 Å². The lowest BCUT2D eigenvalue weighted by molar-refractivity contribution is -0.136. The first-order chi connectivity index (χ1) is 15.9. The van der Waals surface area contributed by atoms with Crippen LogP contribution in [0.25, 0.3) is 16.9 Å². The third-order valence-electron chi connectivity index (χ3n) is 5.17. The molecule has 0 bridgehead atoms. The quantitative estimate of drug-likeness (QED) is 0.362. The van der Waals surface area contributed by atoms with Crippen molar-refractivity contribution in [1.29, 1.82) is 0 Å². The van der Waals surface area contributed by atoms with E-state index in [1.807, 2.05) is 42.5 Å². The summed E-state index contributed by atoms with van der Waals surface area (Å²) in [5, 5.41) is 24.3. The molecule has 0 aliphatic heterocycles. The van der Waals surface area contributed by atoms with Crippen molar-refractivity contribution >= 4 is 23.5 Å². The van der Waals surface area contributed by atoms with Crippen molar-refractivity contribution in [2.75, 3.05) is 12.4 Å². The maximum absolute atomic E-state index is 11.1. The molecular formula is C24H24N4O4S. The molecule has 2 N–H and O–H groups in total.